The van der Waals surface area contributed by atoms with Crippen LogP contribution in [0, 0.1) is 0 Å². The van der Waals surface area contributed by atoms with Crippen LogP contribution in [0.2, 0.25) is 5.02 Å². The molecule has 0 bridgehead atoms. The van der Waals surface area contributed by atoms with Crippen molar-refractivity contribution in [1.29, 1.82) is 0 Å². The number of hydrogen-bond donors (Lipinski definition) is 4. The Hall–Kier alpha value is -6.39. The van der Waals surface area contributed by atoms with Gasteiger partial charge >= 0.3 is 0 Å². The van der Waals surface area contributed by atoms with Crippen LogP contribution in [0.15, 0.2) is 66.9 Å². The number of ether oxygens (including phenoxy) is 3. The lowest BCUT2D eigenvalue weighted by Crippen LogP contribution is -2.54. The van der Waals surface area contributed by atoms with Gasteiger partial charge in [0, 0.05) is 57.9 Å². The van der Waals surface area contributed by atoms with E-state index in [0.29, 0.717) is 36.0 Å². The number of methoxy groups -OCH3 is 1. The average molecular weight is 919 g/mol. The number of hydrogen-bond acceptors (Lipinski definition) is 16. The molecule has 1 unspecified atom stereocenters. The van der Waals surface area contributed by atoms with Crippen LogP contribution >= 0.6 is 11.6 Å². The minimum absolute atomic E-state index is 0.00115. The molecule has 0 saturated carbocycles. The van der Waals surface area contributed by atoms with Crippen molar-refractivity contribution in [2.24, 2.45) is 0 Å². The minimum Gasteiger partial charge on any atom is -0.494 e. The van der Waals surface area contributed by atoms with E-state index in [0.717, 1.165) is 43.0 Å². The van der Waals surface area contributed by atoms with Crippen LogP contribution in [0.4, 0.5) is 40.2 Å². The zero-order chi connectivity index (χ0) is 45.5. The number of rotatable bonds is 18. The summed E-state index contributed by atoms with van der Waals surface area (Å²) in [6, 6.07) is 16.1. The molecule has 1 atom stereocenters. The van der Waals surface area contributed by atoms with E-state index in [1.165, 1.54) is 35.7 Å². The molecule has 4 aromatic rings. The fourth-order valence-electron chi connectivity index (χ4n) is 7.39. The van der Waals surface area contributed by atoms with Gasteiger partial charge in [-0.05, 0) is 42.8 Å². The fraction of sp³-hybridized carbons (Fsp3) is 0.357. The van der Waals surface area contributed by atoms with Crippen molar-refractivity contribution in [3.63, 3.8) is 0 Å². The molecule has 1 aromatic heterocycles. The first-order chi connectivity index (χ1) is 30.7. The van der Waals surface area contributed by atoms with Crippen molar-refractivity contribution in [3.8, 4) is 5.75 Å². The number of fused-ring (bicyclic) bond motifs is 1. The van der Waals surface area contributed by atoms with E-state index < -0.39 is 45.6 Å². The van der Waals surface area contributed by atoms with Crippen molar-refractivity contribution in [1.82, 2.24) is 25.1 Å². The molecular weight excluding hydrogens is 872 g/mol. The lowest BCUT2D eigenvalue weighted by atomic mass is 10.0. The molecule has 22 heteroatoms. The SMILES string of the molecule is COc1cc(N2CCN(CCOCCOCC(=O)Nc3cccc4c3C(=O)N(C3CCC(=O)NC3=O)C4=O)CC2)ccc1Nc1ncc(Cl)c(Nc2ccccc2N(C)S(C)(=O)=O)n1. The first kappa shape index (κ1) is 45.6. The van der Waals surface area contributed by atoms with Gasteiger partial charge in [0.2, 0.25) is 33.7 Å². The summed E-state index contributed by atoms with van der Waals surface area (Å²) >= 11 is 6.44. The third kappa shape index (κ3) is 10.5. The van der Waals surface area contributed by atoms with Crippen LogP contribution in [0.25, 0.3) is 0 Å². The topological polar surface area (TPSA) is 234 Å². The molecule has 4 heterocycles. The van der Waals surface area contributed by atoms with Gasteiger partial charge in [0.05, 0.1) is 73.3 Å². The number of carbonyl (C=O) groups is 5. The number of para-hydroxylation sites is 2. The second kappa shape index (κ2) is 20.0. The van der Waals surface area contributed by atoms with E-state index in [-0.39, 0.29) is 66.3 Å². The van der Waals surface area contributed by atoms with Crippen LogP contribution in [-0.4, -0.2) is 143 Å². The van der Waals surface area contributed by atoms with Gasteiger partial charge in [-0.3, -0.25) is 43.4 Å². The second-order valence-corrected chi connectivity index (χ2v) is 17.4. The molecule has 338 valence electrons. The zero-order valence-corrected chi connectivity index (χ0v) is 36.8. The maximum atomic E-state index is 13.3. The molecule has 64 heavy (non-hydrogen) atoms. The van der Waals surface area contributed by atoms with E-state index in [1.807, 2.05) is 18.2 Å². The third-order valence-electron chi connectivity index (χ3n) is 10.8. The standard InChI is InChI=1S/C42H47ClN10O10S/c1-50(64(3,59)60)32-10-5-4-8-29(32)46-38-28(43)24-44-42(49-38)47-30-12-11-26(23-34(30)61-2)52-17-15-51(16-18-52)19-20-62-21-22-63-25-36(55)45-31-9-6-7-27-37(31)41(58)53(40(27)57)33-13-14-35(54)48-39(33)56/h4-12,23-24,33H,13-22,25H2,1-3H3,(H,45,55)(H,48,54,56)(H2,44,46,47,49). The minimum atomic E-state index is -3.52. The third-order valence-corrected chi connectivity index (χ3v) is 12.3. The predicted octanol–water partition coefficient (Wildman–Crippen LogP) is 3.22. The van der Waals surface area contributed by atoms with E-state index in [9.17, 15) is 32.4 Å². The van der Waals surface area contributed by atoms with Crippen molar-refractivity contribution in [2.45, 2.75) is 18.9 Å². The molecule has 0 radical (unpaired) electrons. The molecule has 0 spiro atoms. The Bertz CT molecular complexity index is 2560. The summed E-state index contributed by atoms with van der Waals surface area (Å²) in [5.74, 6) is -2.00. The fourth-order valence-corrected chi connectivity index (χ4v) is 8.04. The number of nitrogens with one attached hydrogen (secondary N) is 4. The summed E-state index contributed by atoms with van der Waals surface area (Å²) in [4.78, 5) is 77.3. The molecule has 3 aliphatic heterocycles. The zero-order valence-electron chi connectivity index (χ0n) is 35.3. The number of carbonyl (C=O) groups excluding carboxylic acids is 5. The number of piperidine rings is 1. The Morgan fingerprint density at radius 1 is 0.922 bits per heavy atom. The van der Waals surface area contributed by atoms with Gasteiger partial charge in [-0.25, -0.2) is 13.4 Å². The van der Waals surface area contributed by atoms with Crippen molar-refractivity contribution >= 4 is 91.4 Å². The number of nitrogens with zero attached hydrogens (tertiary/aromatic N) is 6. The monoisotopic (exact) mass is 918 g/mol. The maximum absolute atomic E-state index is 13.3. The summed E-state index contributed by atoms with van der Waals surface area (Å²) in [5, 5.41) is 11.3. The van der Waals surface area contributed by atoms with Gasteiger partial charge < -0.3 is 35.1 Å². The molecule has 5 amide bonds. The van der Waals surface area contributed by atoms with Crippen LogP contribution < -0.4 is 35.2 Å². The highest BCUT2D eigenvalue weighted by molar-refractivity contribution is 7.92. The molecular formula is C42H47ClN10O10S. The molecule has 7 rings (SSSR count). The number of anilines is 7. The molecule has 20 nitrogen and oxygen atoms in total. The van der Waals surface area contributed by atoms with Gasteiger partial charge in [0.25, 0.3) is 11.8 Å². The number of imide groups is 2. The van der Waals surface area contributed by atoms with Crippen molar-refractivity contribution < 1.29 is 46.6 Å². The average Bonchev–Trinajstić information content (AvgIpc) is 3.53. The van der Waals surface area contributed by atoms with Gasteiger partial charge in [0.1, 0.15) is 23.4 Å². The van der Waals surface area contributed by atoms with Crippen LogP contribution in [0.3, 0.4) is 0 Å². The van der Waals surface area contributed by atoms with Gasteiger partial charge in [-0.1, -0.05) is 29.8 Å². The lowest BCUT2D eigenvalue weighted by molar-refractivity contribution is -0.136. The number of halogens is 1. The van der Waals surface area contributed by atoms with Crippen molar-refractivity contribution in [3.05, 3.63) is 83.0 Å². The maximum Gasteiger partial charge on any atom is 0.264 e. The predicted molar refractivity (Wildman–Crippen MR) is 238 cm³/mol. The van der Waals surface area contributed by atoms with Gasteiger partial charge in [-0.15, -0.1) is 0 Å². The second-order valence-electron chi connectivity index (χ2n) is 15.0. The Morgan fingerprint density at radius 3 is 2.42 bits per heavy atom. The molecule has 0 aliphatic carbocycles. The lowest BCUT2D eigenvalue weighted by Gasteiger charge is -2.36. The van der Waals surface area contributed by atoms with Crippen LogP contribution in [0.5, 0.6) is 5.75 Å². The molecule has 3 aromatic carbocycles. The van der Waals surface area contributed by atoms with Gasteiger partial charge in [-0.2, -0.15) is 4.98 Å². The van der Waals surface area contributed by atoms with Crippen molar-refractivity contribution in [2.75, 3.05) is 105 Å². The normalized spacial score (nSPS) is 16.7. The smallest absolute Gasteiger partial charge is 0.264 e. The van der Waals surface area contributed by atoms with E-state index in [4.69, 9.17) is 25.8 Å². The highest BCUT2D eigenvalue weighted by atomic mass is 35.5. The molecule has 2 fully saturated rings. The molecule has 2 saturated heterocycles. The first-order valence-corrected chi connectivity index (χ1v) is 22.5. The summed E-state index contributed by atoms with van der Waals surface area (Å²) in [5.41, 5.74) is 2.69. The number of amides is 5. The highest BCUT2D eigenvalue weighted by Crippen LogP contribution is 2.35. The van der Waals surface area contributed by atoms with Gasteiger partial charge in [0.15, 0.2) is 5.82 Å². The Kier molecular flexibility index (Phi) is 14.2. The Balaban J connectivity index is 0.822. The summed E-state index contributed by atoms with van der Waals surface area (Å²) in [6.07, 6.45) is 2.59. The van der Waals surface area contributed by atoms with E-state index in [1.54, 1.807) is 31.4 Å². The summed E-state index contributed by atoms with van der Waals surface area (Å²) < 4.78 is 42.6. The quantitative estimate of drug-likeness (QED) is 0.0829. The number of piperazine rings is 1. The molecule has 3 aliphatic rings. The summed E-state index contributed by atoms with van der Waals surface area (Å²) in [7, 11) is -0.476. The highest BCUT2D eigenvalue weighted by Gasteiger charge is 2.45. The largest absolute Gasteiger partial charge is 0.494 e. The summed E-state index contributed by atoms with van der Waals surface area (Å²) in [6.45, 7) is 4.45. The number of benzene rings is 3. The Morgan fingerprint density at radius 2 is 1.67 bits per heavy atom. The number of aromatic nitrogens is 2. The number of sulfonamides is 1. The molecule has 4 N–H and O–H groups in total. The Labute approximate surface area is 374 Å². The van der Waals surface area contributed by atoms with E-state index in [2.05, 4.69) is 41.0 Å². The van der Waals surface area contributed by atoms with Crippen LogP contribution in [-0.2, 0) is 33.9 Å². The van der Waals surface area contributed by atoms with Crippen LogP contribution in [0.1, 0.15) is 33.6 Å². The van der Waals surface area contributed by atoms with E-state index >= 15 is 0 Å². The first-order valence-electron chi connectivity index (χ1n) is 20.3.